The number of rotatable bonds is 10. The molecule has 0 saturated heterocycles. The number of ether oxygens (including phenoxy) is 3. The highest BCUT2D eigenvalue weighted by Crippen LogP contribution is 2.51. The molecular weight excluding hydrogens is 336 g/mol. The molecule has 0 N–H and O–H groups in total. The van der Waals surface area contributed by atoms with Crippen molar-refractivity contribution in [1.82, 2.24) is 0 Å². The van der Waals surface area contributed by atoms with Crippen LogP contribution in [0.2, 0.25) is 0 Å². The number of benzene rings is 2. The summed E-state index contributed by atoms with van der Waals surface area (Å²) in [6.45, 7) is 7.09. The van der Waals surface area contributed by atoms with Crippen molar-refractivity contribution >= 4 is 0 Å². The highest BCUT2D eigenvalue weighted by molar-refractivity contribution is 5.37. The molecule has 0 atom stereocenters. The third kappa shape index (κ3) is 3.98. The van der Waals surface area contributed by atoms with Crippen LogP contribution in [0.3, 0.4) is 0 Å². The van der Waals surface area contributed by atoms with E-state index in [4.69, 9.17) is 14.2 Å². The highest BCUT2D eigenvalue weighted by atomic mass is 16.5. The van der Waals surface area contributed by atoms with Gasteiger partial charge < -0.3 is 14.2 Å². The minimum absolute atomic E-state index is 0.222. The summed E-state index contributed by atoms with van der Waals surface area (Å²) >= 11 is 0. The average Bonchev–Trinajstić information content (AvgIpc) is 3.61. The SMILES string of the molecule is CCOc1ccc(C2(COCC3(c4ccc(OCC)cc4)CC3)CC2)cc1. The van der Waals surface area contributed by atoms with Gasteiger partial charge in [0.15, 0.2) is 0 Å². The van der Waals surface area contributed by atoms with Crippen LogP contribution < -0.4 is 9.47 Å². The Morgan fingerprint density at radius 2 is 1.00 bits per heavy atom. The third-order valence-electron chi connectivity index (χ3n) is 6.02. The van der Waals surface area contributed by atoms with E-state index in [1.54, 1.807) is 0 Å². The molecule has 0 spiro atoms. The van der Waals surface area contributed by atoms with E-state index in [1.165, 1.54) is 36.8 Å². The summed E-state index contributed by atoms with van der Waals surface area (Å²) in [6, 6.07) is 17.2. The van der Waals surface area contributed by atoms with E-state index < -0.39 is 0 Å². The van der Waals surface area contributed by atoms with Crippen molar-refractivity contribution in [3.63, 3.8) is 0 Å². The average molecular weight is 367 g/mol. The first kappa shape index (κ1) is 18.4. The van der Waals surface area contributed by atoms with E-state index >= 15 is 0 Å². The Morgan fingerprint density at radius 3 is 1.30 bits per heavy atom. The molecule has 144 valence electrons. The van der Waals surface area contributed by atoms with Crippen LogP contribution in [0.4, 0.5) is 0 Å². The van der Waals surface area contributed by atoms with Crippen molar-refractivity contribution in [3.05, 3.63) is 59.7 Å². The predicted molar refractivity (Wildman–Crippen MR) is 108 cm³/mol. The van der Waals surface area contributed by atoms with Crippen molar-refractivity contribution in [1.29, 1.82) is 0 Å². The van der Waals surface area contributed by atoms with Crippen LogP contribution in [0.5, 0.6) is 11.5 Å². The van der Waals surface area contributed by atoms with Crippen LogP contribution in [0.1, 0.15) is 50.7 Å². The monoisotopic (exact) mass is 366 g/mol. The van der Waals surface area contributed by atoms with Gasteiger partial charge in [-0.05, 0) is 74.9 Å². The van der Waals surface area contributed by atoms with Crippen molar-refractivity contribution in [2.75, 3.05) is 26.4 Å². The van der Waals surface area contributed by atoms with E-state index in [1.807, 2.05) is 13.8 Å². The van der Waals surface area contributed by atoms with Crippen LogP contribution in [0.25, 0.3) is 0 Å². The smallest absolute Gasteiger partial charge is 0.119 e. The van der Waals surface area contributed by atoms with Gasteiger partial charge in [0.2, 0.25) is 0 Å². The first-order valence-corrected chi connectivity index (χ1v) is 10.2. The molecule has 0 heterocycles. The van der Waals surface area contributed by atoms with Gasteiger partial charge >= 0.3 is 0 Å². The number of hydrogen-bond donors (Lipinski definition) is 0. The molecule has 3 nitrogen and oxygen atoms in total. The molecule has 2 aliphatic rings. The summed E-state index contributed by atoms with van der Waals surface area (Å²) in [5.74, 6) is 1.90. The topological polar surface area (TPSA) is 27.7 Å². The fourth-order valence-corrected chi connectivity index (χ4v) is 3.92. The van der Waals surface area contributed by atoms with Crippen LogP contribution in [-0.2, 0) is 15.6 Å². The molecule has 0 amide bonds. The first-order valence-electron chi connectivity index (χ1n) is 10.2. The molecule has 0 radical (unpaired) electrons. The molecule has 2 aromatic carbocycles. The molecule has 2 aromatic rings. The van der Waals surface area contributed by atoms with Crippen molar-refractivity contribution < 1.29 is 14.2 Å². The molecule has 0 bridgehead atoms. The molecule has 0 aromatic heterocycles. The Hall–Kier alpha value is -2.00. The largest absolute Gasteiger partial charge is 0.494 e. The summed E-state index contributed by atoms with van der Waals surface area (Å²) < 4.78 is 17.4. The summed E-state index contributed by atoms with van der Waals surface area (Å²) in [6.07, 6.45) is 4.88. The second-order valence-corrected chi connectivity index (χ2v) is 7.97. The zero-order chi connectivity index (χ0) is 18.7. The summed E-state index contributed by atoms with van der Waals surface area (Å²) in [5.41, 5.74) is 3.22. The number of hydrogen-bond acceptors (Lipinski definition) is 3. The van der Waals surface area contributed by atoms with Crippen LogP contribution in [-0.4, -0.2) is 26.4 Å². The van der Waals surface area contributed by atoms with Gasteiger partial charge in [0.05, 0.1) is 26.4 Å². The second-order valence-electron chi connectivity index (χ2n) is 7.97. The van der Waals surface area contributed by atoms with Crippen LogP contribution >= 0.6 is 0 Å². The molecular formula is C24H30O3. The lowest BCUT2D eigenvalue weighted by molar-refractivity contribution is 0.0945. The Bertz CT molecular complexity index is 675. The Kier molecular flexibility index (Phi) is 5.14. The molecule has 2 fully saturated rings. The van der Waals surface area contributed by atoms with Gasteiger partial charge in [-0.15, -0.1) is 0 Å². The Labute approximate surface area is 162 Å². The molecule has 27 heavy (non-hydrogen) atoms. The maximum absolute atomic E-state index is 6.29. The summed E-state index contributed by atoms with van der Waals surface area (Å²) in [4.78, 5) is 0. The lowest BCUT2D eigenvalue weighted by atomic mass is 9.95. The fourth-order valence-electron chi connectivity index (χ4n) is 3.92. The lowest BCUT2D eigenvalue weighted by Crippen LogP contribution is -2.21. The van der Waals surface area contributed by atoms with Crippen molar-refractivity contribution in [2.45, 2.75) is 50.4 Å². The van der Waals surface area contributed by atoms with Crippen molar-refractivity contribution in [3.8, 4) is 11.5 Å². The Morgan fingerprint density at radius 1 is 0.630 bits per heavy atom. The Balaban J connectivity index is 1.33. The maximum Gasteiger partial charge on any atom is 0.119 e. The minimum atomic E-state index is 0.222. The minimum Gasteiger partial charge on any atom is -0.494 e. The van der Waals surface area contributed by atoms with E-state index in [0.717, 1.165) is 24.7 Å². The van der Waals surface area contributed by atoms with Gasteiger partial charge in [-0.3, -0.25) is 0 Å². The van der Waals surface area contributed by atoms with Gasteiger partial charge in [0, 0.05) is 10.8 Å². The molecule has 4 rings (SSSR count). The zero-order valence-electron chi connectivity index (χ0n) is 16.5. The quantitative estimate of drug-likeness (QED) is 0.574. The molecule has 0 aliphatic heterocycles. The van der Waals surface area contributed by atoms with Gasteiger partial charge in [-0.2, -0.15) is 0 Å². The second kappa shape index (κ2) is 7.55. The van der Waals surface area contributed by atoms with Crippen LogP contribution in [0.15, 0.2) is 48.5 Å². The standard InChI is InChI=1S/C24H30O3/c1-3-26-21-9-5-19(6-10-21)23(13-14-23)17-25-18-24(15-16-24)20-7-11-22(12-8-20)27-4-2/h5-12H,3-4,13-18H2,1-2H3. The van der Waals surface area contributed by atoms with E-state index in [0.29, 0.717) is 13.2 Å². The summed E-state index contributed by atoms with van der Waals surface area (Å²) in [7, 11) is 0. The summed E-state index contributed by atoms with van der Waals surface area (Å²) in [5, 5.41) is 0. The van der Waals surface area contributed by atoms with E-state index in [2.05, 4.69) is 48.5 Å². The first-order chi connectivity index (χ1) is 13.2. The van der Waals surface area contributed by atoms with Crippen molar-refractivity contribution in [2.24, 2.45) is 0 Å². The molecule has 3 heteroatoms. The van der Waals surface area contributed by atoms with E-state index in [-0.39, 0.29) is 10.8 Å². The predicted octanol–water partition coefficient (Wildman–Crippen LogP) is 5.26. The van der Waals surface area contributed by atoms with Gasteiger partial charge in [0.1, 0.15) is 11.5 Å². The van der Waals surface area contributed by atoms with E-state index in [9.17, 15) is 0 Å². The normalized spacial score (nSPS) is 18.7. The highest BCUT2D eigenvalue weighted by Gasteiger charge is 2.48. The van der Waals surface area contributed by atoms with Crippen LogP contribution in [0, 0.1) is 0 Å². The van der Waals surface area contributed by atoms with Gasteiger partial charge in [-0.25, -0.2) is 0 Å². The molecule has 2 aliphatic carbocycles. The van der Waals surface area contributed by atoms with Gasteiger partial charge in [0.25, 0.3) is 0 Å². The zero-order valence-corrected chi connectivity index (χ0v) is 16.5. The third-order valence-corrected chi connectivity index (χ3v) is 6.02. The van der Waals surface area contributed by atoms with Gasteiger partial charge in [-0.1, -0.05) is 24.3 Å². The lowest BCUT2D eigenvalue weighted by Gasteiger charge is -2.21. The maximum atomic E-state index is 6.29. The molecule has 2 saturated carbocycles. The molecule has 0 unspecified atom stereocenters. The fraction of sp³-hybridized carbons (Fsp3) is 0.500.